The van der Waals surface area contributed by atoms with Crippen LogP contribution >= 0.6 is 0 Å². The molecule has 22 heavy (non-hydrogen) atoms. The zero-order valence-corrected chi connectivity index (χ0v) is 12.9. The predicted octanol–water partition coefficient (Wildman–Crippen LogP) is 2.98. The average Bonchev–Trinajstić information content (AvgIpc) is 2.50. The maximum atomic E-state index is 12.1. The van der Waals surface area contributed by atoms with Gasteiger partial charge in [0, 0.05) is 19.3 Å². The van der Waals surface area contributed by atoms with E-state index in [0.717, 1.165) is 11.1 Å². The summed E-state index contributed by atoms with van der Waals surface area (Å²) >= 11 is 0. The molecule has 0 aliphatic heterocycles. The first-order chi connectivity index (χ1) is 10.5. The van der Waals surface area contributed by atoms with Crippen LogP contribution in [-0.4, -0.2) is 23.8 Å². The molecule has 0 saturated heterocycles. The highest BCUT2D eigenvalue weighted by Gasteiger charge is 2.14. The molecule has 0 bridgehead atoms. The Morgan fingerprint density at radius 2 is 1.64 bits per heavy atom. The zero-order valence-electron chi connectivity index (χ0n) is 12.9. The number of anilines is 1. The molecule has 4 nitrogen and oxygen atoms in total. The monoisotopic (exact) mass is 296 g/mol. The Balaban J connectivity index is 1.85. The molecular weight excluding hydrogens is 276 g/mol. The van der Waals surface area contributed by atoms with Crippen LogP contribution < -0.4 is 5.32 Å². The Morgan fingerprint density at radius 1 is 1.00 bits per heavy atom. The van der Waals surface area contributed by atoms with Gasteiger partial charge in [-0.1, -0.05) is 48.0 Å². The second-order valence-corrected chi connectivity index (χ2v) is 5.33. The summed E-state index contributed by atoms with van der Waals surface area (Å²) in [6.45, 7) is 2.48. The van der Waals surface area contributed by atoms with E-state index in [2.05, 4.69) is 5.32 Å². The topological polar surface area (TPSA) is 49.4 Å². The van der Waals surface area contributed by atoms with Gasteiger partial charge in [-0.25, -0.2) is 0 Å². The average molecular weight is 296 g/mol. The molecule has 0 aliphatic rings. The summed E-state index contributed by atoms with van der Waals surface area (Å²) in [5, 5.41) is 2.73. The molecule has 0 aliphatic carbocycles. The first-order valence-corrected chi connectivity index (χ1v) is 7.19. The van der Waals surface area contributed by atoms with Crippen molar-refractivity contribution in [2.75, 3.05) is 12.4 Å². The maximum absolute atomic E-state index is 12.1. The molecule has 0 fully saturated rings. The van der Waals surface area contributed by atoms with Crippen LogP contribution in [0, 0.1) is 6.92 Å². The molecule has 2 rings (SSSR count). The number of carbonyl (C=O) groups excluding carboxylic acids is 2. The van der Waals surface area contributed by atoms with Crippen LogP contribution in [0.4, 0.5) is 5.69 Å². The third-order valence-corrected chi connectivity index (χ3v) is 3.34. The smallest absolute Gasteiger partial charge is 0.233 e. The largest absolute Gasteiger partial charge is 0.341 e. The van der Waals surface area contributed by atoms with Gasteiger partial charge < -0.3 is 10.2 Å². The SMILES string of the molecule is Cc1ccc(NC(=O)CC(=O)N(C)Cc2ccccc2)cc1. The van der Waals surface area contributed by atoms with Gasteiger partial charge in [-0.15, -0.1) is 0 Å². The van der Waals surface area contributed by atoms with Crippen molar-refractivity contribution in [1.29, 1.82) is 0 Å². The van der Waals surface area contributed by atoms with E-state index in [0.29, 0.717) is 12.2 Å². The van der Waals surface area contributed by atoms with Crippen LogP contribution in [0.25, 0.3) is 0 Å². The lowest BCUT2D eigenvalue weighted by Crippen LogP contribution is -2.30. The number of rotatable bonds is 5. The number of hydrogen-bond donors (Lipinski definition) is 1. The Hall–Kier alpha value is -2.62. The molecule has 0 unspecified atom stereocenters. The lowest BCUT2D eigenvalue weighted by Gasteiger charge is -2.17. The van der Waals surface area contributed by atoms with Gasteiger partial charge >= 0.3 is 0 Å². The number of amides is 2. The number of aryl methyl sites for hydroxylation is 1. The van der Waals surface area contributed by atoms with E-state index < -0.39 is 0 Å². The number of hydrogen-bond acceptors (Lipinski definition) is 2. The van der Waals surface area contributed by atoms with Crippen molar-refractivity contribution in [3.63, 3.8) is 0 Å². The van der Waals surface area contributed by atoms with E-state index in [-0.39, 0.29) is 18.2 Å². The summed E-state index contributed by atoms with van der Waals surface area (Å²) < 4.78 is 0. The number of nitrogens with zero attached hydrogens (tertiary/aromatic N) is 1. The highest BCUT2D eigenvalue weighted by molar-refractivity contribution is 6.03. The molecule has 2 aromatic carbocycles. The number of nitrogens with one attached hydrogen (secondary N) is 1. The van der Waals surface area contributed by atoms with E-state index >= 15 is 0 Å². The maximum Gasteiger partial charge on any atom is 0.233 e. The van der Waals surface area contributed by atoms with Gasteiger partial charge in [-0.05, 0) is 24.6 Å². The molecule has 2 aromatic rings. The summed E-state index contributed by atoms with van der Waals surface area (Å²) in [6, 6.07) is 17.2. The molecule has 0 aromatic heterocycles. The second kappa shape index (κ2) is 7.41. The predicted molar refractivity (Wildman–Crippen MR) is 87.3 cm³/mol. The van der Waals surface area contributed by atoms with Gasteiger partial charge in [0.2, 0.25) is 11.8 Å². The fourth-order valence-electron chi connectivity index (χ4n) is 2.06. The van der Waals surface area contributed by atoms with Crippen LogP contribution in [0.3, 0.4) is 0 Å². The Labute approximate surface area is 130 Å². The van der Waals surface area contributed by atoms with Crippen molar-refractivity contribution in [2.24, 2.45) is 0 Å². The van der Waals surface area contributed by atoms with E-state index in [1.165, 1.54) is 0 Å². The third-order valence-electron chi connectivity index (χ3n) is 3.34. The normalized spacial score (nSPS) is 10.1. The Bertz CT molecular complexity index is 636. The molecular formula is C18H20N2O2. The fraction of sp³-hybridized carbons (Fsp3) is 0.222. The molecule has 0 atom stereocenters. The third kappa shape index (κ3) is 4.74. The van der Waals surface area contributed by atoms with Gasteiger partial charge in [0.05, 0.1) is 0 Å². The van der Waals surface area contributed by atoms with Crippen LogP contribution in [0.5, 0.6) is 0 Å². The van der Waals surface area contributed by atoms with Gasteiger partial charge in [0.25, 0.3) is 0 Å². The van der Waals surface area contributed by atoms with Crippen molar-refractivity contribution in [3.05, 3.63) is 65.7 Å². The van der Waals surface area contributed by atoms with Crippen LogP contribution in [-0.2, 0) is 16.1 Å². The van der Waals surface area contributed by atoms with Crippen molar-refractivity contribution in [2.45, 2.75) is 19.9 Å². The lowest BCUT2D eigenvalue weighted by atomic mass is 10.2. The van der Waals surface area contributed by atoms with Crippen molar-refractivity contribution < 1.29 is 9.59 Å². The van der Waals surface area contributed by atoms with E-state index in [1.807, 2.05) is 61.5 Å². The zero-order chi connectivity index (χ0) is 15.9. The number of benzene rings is 2. The molecule has 0 radical (unpaired) electrons. The van der Waals surface area contributed by atoms with Gasteiger partial charge in [0.15, 0.2) is 0 Å². The van der Waals surface area contributed by atoms with E-state index in [4.69, 9.17) is 0 Å². The molecule has 4 heteroatoms. The quantitative estimate of drug-likeness (QED) is 0.862. The van der Waals surface area contributed by atoms with E-state index in [1.54, 1.807) is 11.9 Å². The summed E-state index contributed by atoms with van der Waals surface area (Å²) in [6.07, 6.45) is -0.156. The molecule has 0 saturated carbocycles. The van der Waals surface area contributed by atoms with Crippen LogP contribution in [0.15, 0.2) is 54.6 Å². The van der Waals surface area contributed by atoms with Crippen molar-refractivity contribution in [3.8, 4) is 0 Å². The van der Waals surface area contributed by atoms with Crippen LogP contribution in [0.1, 0.15) is 17.5 Å². The first kappa shape index (κ1) is 15.8. The fourth-order valence-corrected chi connectivity index (χ4v) is 2.06. The molecule has 0 heterocycles. The molecule has 2 amide bonds. The Morgan fingerprint density at radius 3 is 2.27 bits per heavy atom. The molecule has 114 valence electrons. The summed E-state index contributed by atoms with van der Waals surface area (Å²) in [4.78, 5) is 25.5. The van der Waals surface area contributed by atoms with Gasteiger partial charge in [0.1, 0.15) is 6.42 Å². The van der Waals surface area contributed by atoms with Crippen LogP contribution in [0.2, 0.25) is 0 Å². The molecule has 0 spiro atoms. The standard InChI is InChI=1S/C18H20N2O2/c1-14-8-10-16(11-9-14)19-17(21)12-18(22)20(2)13-15-6-4-3-5-7-15/h3-11H,12-13H2,1-2H3,(H,19,21). The highest BCUT2D eigenvalue weighted by Crippen LogP contribution is 2.09. The van der Waals surface area contributed by atoms with Gasteiger partial charge in [-0.2, -0.15) is 0 Å². The highest BCUT2D eigenvalue weighted by atomic mass is 16.2. The minimum atomic E-state index is -0.297. The minimum absolute atomic E-state index is 0.156. The summed E-state index contributed by atoms with van der Waals surface area (Å²) in [5.74, 6) is -0.498. The summed E-state index contributed by atoms with van der Waals surface area (Å²) in [5.41, 5.74) is 2.86. The van der Waals surface area contributed by atoms with Gasteiger partial charge in [-0.3, -0.25) is 9.59 Å². The van der Waals surface area contributed by atoms with Crippen molar-refractivity contribution >= 4 is 17.5 Å². The second-order valence-electron chi connectivity index (χ2n) is 5.33. The number of carbonyl (C=O) groups is 2. The first-order valence-electron chi connectivity index (χ1n) is 7.19. The molecule has 1 N–H and O–H groups in total. The Kier molecular flexibility index (Phi) is 5.31. The van der Waals surface area contributed by atoms with Crippen molar-refractivity contribution in [1.82, 2.24) is 4.90 Å². The lowest BCUT2D eigenvalue weighted by molar-refractivity contribution is -0.133. The van der Waals surface area contributed by atoms with E-state index in [9.17, 15) is 9.59 Å². The summed E-state index contributed by atoms with van der Waals surface area (Å²) in [7, 11) is 1.70. The minimum Gasteiger partial charge on any atom is -0.341 e.